The highest BCUT2D eigenvalue weighted by molar-refractivity contribution is 5.84. The van der Waals surface area contributed by atoms with E-state index in [-0.39, 0.29) is 6.10 Å². The van der Waals surface area contributed by atoms with E-state index in [0.29, 0.717) is 25.7 Å². The number of para-hydroxylation sites is 1. The average Bonchev–Trinajstić information content (AvgIpc) is 2.76. The molecule has 0 spiro atoms. The van der Waals surface area contributed by atoms with Crippen LogP contribution in [0, 0.1) is 0 Å². The topological polar surface area (TPSA) is 71.5 Å². The Morgan fingerprint density at radius 2 is 2.15 bits per heavy atom. The number of ether oxygens (including phenoxy) is 3. The third-order valence-electron chi connectivity index (χ3n) is 3.14. The number of methoxy groups -OCH3 is 2. The summed E-state index contributed by atoms with van der Waals surface area (Å²) in [7, 11) is 3.30. The van der Waals surface area contributed by atoms with Gasteiger partial charge in [0.15, 0.2) is 0 Å². The highest BCUT2D eigenvalue weighted by atomic mass is 16.5. The number of hydrogen-bond donors (Lipinski definition) is 1. The number of nitrogen functional groups attached to an aromatic ring is 1. The molecule has 0 bridgehead atoms. The van der Waals surface area contributed by atoms with Crippen molar-refractivity contribution in [1.29, 1.82) is 0 Å². The highest BCUT2D eigenvalue weighted by Gasteiger charge is 2.16. The molecule has 1 atom stereocenters. The zero-order valence-corrected chi connectivity index (χ0v) is 12.1. The fraction of sp³-hybridized carbons (Fsp3) is 0.500. The van der Waals surface area contributed by atoms with Gasteiger partial charge in [0.05, 0.1) is 31.4 Å². The molecular formula is C14H21N3O3. The number of anilines is 1. The van der Waals surface area contributed by atoms with Gasteiger partial charge in [0.25, 0.3) is 0 Å². The zero-order chi connectivity index (χ0) is 14.5. The van der Waals surface area contributed by atoms with Crippen LogP contribution in [0.15, 0.2) is 18.2 Å². The van der Waals surface area contributed by atoms with E-state index in [1.54, 1.807) is 14.2 Å². The van der Waals surface area contributed by atoms with Crippen LogP contribution in [0.3, 0.4) is 0 Å². The van der Waals surface area contributed by atoms with E-state index in [2.05, 4.69) is 4.98 Å². The summed E-state index contributed by atoms with van der Waals surface area (Å²) in [5.41, 5.74) is 7.73. The minimum atomic E-state index is -0.0737. The maximum Gasteiger partial charge on any atom is 0.201 e. The first-order valence-electron chi connectivity index (χ1n) is 6.60. The first kappa shape index (κ1) is 14.6. The minimum absolute atomic E-state index is 0.0737. The Morgan fingerprint density at radius 3 is 2.80 bits per heavy atom. The van der Waals surface area contributed by atoms with Crippen molar-refractivity contribution >= 4 is 17.0 Å². The molecule has 6 heteroatoms. The van der Waals surface area contributed by atoms with Gasteiger partial charge >= 0.3 is 0 Å². The van der Waals surface area contributed by atoms with E-state index in [0.717, 1.165) is 16.8 Å². The number of rotatable bonds is 7. The molecule has 1 aromatic heterocycles. The number of nitrogens with two attached hydrogens (primary N) is 1. The quantitative estimate of drug-likeness (QED) is 0.835. The van der Waals surface area contributed by atoms with E-state index >= 15 is 0 Å². The van der Waals surface area contributed by atoms with Gasteiger partial charge in [-0.25, -0.2) is 4.98 Å². The van der Waals surface area contributed by atoms with Crippen LogP contribution >= 0.6 is 0 Å². The zero-order valence-electron chi connectivity index (χ0n) is 12.1. The number of fused-ring (bicyclic) bond motifs is 1. The van der Waals surface area contributed by atoms with Crippen molar-refractivity contribution in [3.8, 4) is 5.75 Å². The summed E-state index contributed by atoms with van der Waals surface area (Å²) < 4.78 is 18.0. The van der Waals surface area contributed by atoms with Crippen molar-refractivity contribution in [1.82, 2.24) is 9.55 Å². The molecule has 0 radical (unpaired) electrons. The molecule has 0 fully saturated rings. The van der Waals surface area contributed by atoms with Crippen LogP contribution in [0.25, 0.3) is 11.0 Å². The van der Waals surface area contributed by atoms with Gasteiger partial charge in [-0.2, -0.15) is 0 Å². The molecule has 0 amide bonds. The summed E-state index contributed by atoms with van der Waals surface area (Å²) in [6.07, 6.45) is -0.0737. The number of nitrogens with zero attached hydrogens (tertiary/aromatic N) is 2. The Morgan fingerprint density at radius 1 is 1.35 bits per heavy atom. The van der Waals surface area contributed by atoms with Crippen molar-refractivity contribution < 1.29 is 14.2 Å². The minimum Gasteiger partial charge on any atom is -0.492 e. The molecule has 2 aromatic rings. The van der Waals surface area contributed by atoms with Crippen LogP contribution in [0.5, 0.6) is 5.75 Å². The normalized spacial score (nSPS) is 12.8. The third kappa shape index (κ3) is 2.86. The summed E-state index contributed by atoms with van der Waals surface area (Å²) in [5, 5.41) is 0. The van der Waals surface area contributed by atoms with E-state index in [1.165, 1.54) is 0 Å². The van der Waals surface area contributed by atoms with Crippen LogP contribution in [-0.4, -0.2) is 43.1 Å². The second kappa shape index (κ2) is 6.58. The maximum absolute atomic E-state index is 6.02. The Balaban J connectivity index is 2.38. The lowest BCUT2D eigenvalue weighted by molar-refractivity contribution is 0.0193. The Bertz CT molecular complexity index is 568. The van der Waals surface area contributed by atoms with E-state index in [9.17, 15) is 0 Å². The van der Waals surface area contributed by atoms with Crippen LogP contribution in [0.1, 0.15) is 6.92 Å². The molecule has 0 aliphatic heterocycles. The summed E-state index contributed by atoms with van der Waals surface area (Å²) in [5.74, 6) is 1.20. The van der Waals surface area contributed by atoms with Crippen molar-refractivity contribution in [3.05, 3.63) is 18.2 Å². The predicted molar refractivity (Wildman–Crippen MR) is 78.0 cm³/mol. The molecule has 1 unspecified atom stereocenters. The molecule has 1 heterocycles. The van der Waals surface area contributed by atoms with Crippen LogP contribution < -0.4 is 10.5 Å². The van der Waals surface area contributed by atoms with Gasteiger partial charge in [-0.15, -0.1) is 0 Å². The number of hydrogen-bond acceptors (Lipinski definition) is 5. The molecule has 0 aliphatic rings. The largest absolute Gasteiger partial charge is 0.492 e. The highest BCUT2D eigenvalue weighted by Crippen LogP contribution is 2.27. The van der Waals surface area contributed by atoms with E-state index < -0.39 is 0 Å². The second-order valence-corrected chi connectivity index (χ2v) is 4.45. The Labute approximate surface area is 118 Å². The van der Waals surface area contributed by atoms with Crippen LogP contribution in [0.4, 0.5) is 5.95 Å². The van der Waals surface area contributed by atoms with Gasteiger partial charge in [-0.3, -0.25) is 0 Å². The number of aromatic nitrogens is 2. The fourth-order valence-corrected chi connectivity index (χ4v) is 2.19. The lowest BCUT2D eigenvalue weighted by Crippen LogP contribution is -2.24. The molecule has 2 N–H and O–H groups in total. The van der Waals surface area contributed by atoms with Crippen molar-refractivity contribution in [2.45, 2.75) is 19.6 Å². The number of benzene rings is 1. The van der Waals surface area contributed by atoms with E-state index in [4.69, 9.17) is 19.9 Å². The first-order valence-corrected chi connectivity index (χ1v) is 6.60. The standard InChI is InChI=1S/C14H21N3O3/c1-4-20-12-7-5-6-11-13(12)16-14(15)17(11)8-10(19-3)9-18-2/h5-7,10H,4,8-9H2,1-3H3,(H2,15,16). The van der Waals surface area contributed by atoms with Gasteiger partial charge in [0.2, 0.25) is 5.95 Å². The lowest BCUT2D eigenvalue weighted by Gasteiger charge is -2.16. The van der Waals surface area contributed by atoms with Crippen molar-refractivity contribution in [2.75, 3.05) is 33.2 Å². The van der Waals surface area contributed by atoms with Gasteiger partial charge in [0.1, 0.15) is 11.3 Å². The Hall–Kier alpha value is -1.79. The molecule has 1 aromatic carbocycles. The molecule has 0 saturated carbocycles. The monoisotopic (exact) mass is 279 g/mol. The molecule has 6 nitrogen and oxygen atoms in total. The van der Waals surface area contributed by atoms with Crippen LogP contribution in [-0.2, 0) is 16.0 Å². The van der Waals surface area contributed by atoms with Crippen LogP contribution in [0.2, 0.25) is 0 Å². The van der Waals surface area contributed by atoms with Gasteiger partial charge in [-0.05, 0) is 19.1 Å². The van der Waals surface area contributed by atoms with Crippen molar-refractivity contribution in [2.24, 2.45) is 0 Å². The summed E-state index contributed by atoms with van der Waals surface area (Å²) in [4.78, 5) is 4.40. The summed E-state index contributed by atoms with van der Waals surface area (Å²) >= 11 is 0. The predicted octanol–water partition coefficient (Wildman–Crippen LogP) is 1.68. The summed E-state index contributed by atoms with van der Waals surface area (Å²) in [6, 6.07) is 5.80. The summed E-state index contributed by atoms with van der Waals surface area (Å²) in [6.45, 7) is 3.62. The maximum atomic E-state index is 6.02. The molecule has 110 valence electrons. The fourth-order valence-electron chi connectivity index (χ4n) is 2.19. The molecule has 0 aliphatic carbocycles. The lowest BCUT2D eigenvalue weighted by atomic mass is 10.3. The number of imidazole rings is 1. The SMILES string of the molecule is CCOc1cccc2c1nc(N)n2CC(COC)OC. The smallest absolute Gasteiger partial charge is 0.201 e. The third-order valence-corrected chi connectivity index (χ3v) is 3.14. The van der Waals surface area contributed by atoms with Gasteiger partial charge < -0.3 is 24.5 Å². The van der Waals surface area contributed by atoms with Gasteiger partial charge in [-0.1, -0.05) is 6.07 Å². The Kier molecular flexibility index (Phi) is 4.81. The molecule has 0 saturated heterocycles. The van der Waals surface area contributed by atoms with Crippen molar-refractivity contribution in [3.63, 3.8) is 0 Å². The molecule has 2 rings (SSSR count). The van der Waals surface area contributed by atoms with Gasteiger partial charge in [0, 0.05) is 14.2 Å². The first-order chi connectivity index (χ1) is 9.71. The average molecular weight is 279 g/mol. The second-order valence-electron chi connectivity index (χ2n) is 4.45. The van der Waals surface area contributed by atoms with E-state index in [1.807, 2.05) is 29.7 Å². The molecular weight excluding hydrogens is 258 g/mol. The molecule has 20 heavy (non-hydrogen) atoms.